The van der Waals surface area contributed by atoms with Gasteiger partial charge in [-0.25, -0.2) is 10.2 Å². The van der Waals surface area contributed by atoms with Gasteiger partial charge in [-0.3, -0.25) is 0 Å². The molecule has 0 aliphatic carbocycles. The van der Waals surface area contributed by atoms with Gasteiger partial charge in [0, 0.05) is 37.7 Å². The Morgan fingerprint density at radius 2 is 1.75 bits per heavy atom. The van der Waals surface area contributed by atoms with E-state index in [-0.39, 0.29) is 37.7 Å². The first-order chi connectivity index (χ1) is 1.41. The average molecular weight is 83.0 g/mol. The number of hydrogen-bond donors (Lipinski definition) is 1. The summed E-state index contributed by atoms with van der Waals surface area (Å²) in [6.45, 7) is 0. The Kier molecular flexibility index (Phi) is 20.8. The smallest absolute Gasteiger partial charge is 0.222 e. The van der Waals surface area contributed by atoms with Crippen molar-refractivity contribution in [3.63, 3.8) is 0 Å². The zero-order valence-corrected chi connectivity index (χ0v) is 2.47. The van der Waals surface area contributed by atoms with E-state index in [9.17, 15) is 0 Å². The van der Waals surface area contributed by atoms with Gasteiger partial charge in [0.05, 0.1) is 0 Å². The largest absolute Gasteiger partial charge is 0.231 e. The third kappa shape index (κ3) is 17.3. The predicted molar refractivity (Wildman–Crippen MR) is 8.41 cm³/mol. The summed E-state index contributed by atoms with van der Waals surface area (Å²) >= 11 is 0. The molecule has 0 fully saturated rings. The molecule has 0 aromatic rings. The van der Waals surface area contributed by atoms with E-state index in [1.165, 1.54) is 0 Å². The average Bonchev–Trinajstić information content (AvgIpc) is 0.918. The topological polar surface area (TPSA) is 40.9 Å². The maximum Gasteiger partial charge on any atom is 0.231 e. The number of isocyanates is 1. The van der Waals surface area contributed by atoms with Gasteiger partial charge in [0.25, 0.3) is 0 Å². The second-order valence-electron chi connectivity index (χ2n) is 0.102. The molecule has 0 aromatic heterocycles. The maximum absolute atomic E-state index is 8.35. The Bertz CT molecular complexity index is 29.0. The minimum Gasteiger partial charge on any atom is -0.222 e. The van der Waals surface area contributed by atoms with Crippen LogP contribution in [0.3, 0.4) is 0 Å². The van der Waals surface area contributed by atoms with Gasteiger partial charge < -0.3 is 0 Å². The molecule has 0 aromatic carbocycles. The second kappa shape index (κ2) is 9.43. The third-order valence-electron chi connectivity index (χ3n) is 0. The van der Waals surface area contributed by atoms with Crippen LogP contribution >= 0.6 is 0 Å². The first-order valence-electron chi connectivity index (χ1n) is 0.454. The molecular formula is CHArNO. The third-order valence-corrected chi connectivity index (χ3v) is 0. The second-order valence-corrected chi connectivity index (χ2v) is 0.102. The number of hydrogen-bond acceptors (Lipinski definition) is 2. The van der Waals surface area contributed by atoms with Crippen molar-refractivity contribution in [3.8, 4) is 0 Å². The van der Waals surface area contributed by atoms with Crippen LogP contribution in [0.15, 0.2) is 0 Å². The molecule has 0 saturated carbocycles. The van der Waals surface area contributed by atoms with Gasteiger partial charge in [-0.05, 0) is 0 Å². The molecular weight excluding hydrogens is 82.0 g/mol. The van der Waals surface area contributed by atoms with E-state index in [0.717, 1.165) is 6.08 Å². The molecule has 0 spiro atoms. The van der Waals surface area contributed by atoms with E-state index in [2.05, 4.69) is 0 Å². The van der Waals surface area contributed by atoms with E-state index < -0.39 is 0 Å². The fourth-order valence-electron chi connectivity index (χ4n) is 0. The molecule has 0 heterocycles. The van der Waals surface area contributed by atoms with Crippen molar-refractivity contribution >= 4 is 6.08 Å². The monoisotopic (exact) mass is 83.0 g/mol. The maximum atomic E-state index is 8.35. The van der Waals surface area contributed by atoms with Crippen LogP contribution in [0.25, 0.3) is 0 Å². The van der Waals surface area contributed by atoms with Gasteiger partial charge in [-0.1, -0.05) is 0 Å². The Balaban J connectivity index is 0. The molecule has 24 valence electrons. The van der Waals surface area contributed by atoms with E-state index in [1.807, 2.05) is 0 Å². The molecule has 0 saturated heterocycles. The molecule has 2 nitrogen and oxygen atoms in total. The van der Waals surface area contributed by atoms with Crippen LogP contribution in [0.4, 0.5) is 0 Å². The quantitative estimate of drug-likeness (QED) is 0.322. The first kappa shape index (κ1) is 8.82. The number of nitrogens with one attached hydrogen (secondary N) is 1. The molecule has 0 aliphatic heterocycles. The molecule has 3 heteroatoms. The van der Waals surface area contributed by atoms with E-state index >= 15 is 0 Å². The van der Waals surface area contributed by atoms with Crippen LogP contribution in [0.2, 0.25) is 0 Å². The number of rotatable bonds is 0. The fourth-order valence-corrected chi connectivity index (χ4v) is 0. The van der Waals surface area contributed by atoms with Crippen molar-refractivity contribution in [2.75, 3.05) is 0 Å². The van der Waals surface area contributed by atoms with Gasteiger partial charge in [0.15, 0.2) is 0 Å². The normalized spacial score (nSPS) is 2.00. The summed E-state index contributed by atoms with van der Waals surface area (Å²) in [4.78, 5) is 8.35. The van der Waals surface area contributed by atoms with Crippen LogP contribution in [-0.4, -0.2) is 6.08 Å². The van der Waals surface area contributed by atoms with Crippen LogP contribution in [0.5, 0.6) is 0 Å². The minimum atomic E-state index is 0. The summed E-state index contributed by atoms with van der Waals surface area (Å²) in [6.07, 6.45) is 0.750. The Morgan fingerprint density at radius 3 is 1.75 bits per heavy atom. The zero-order chi connectivity index (χ0) is 2.71. The SMILES string of the molecule is N=C=O.[Ar]. The molecule has 0 amide bonds. The predicted octanol–water partition coefficient (Wildman–Crippen LogP) is -0.0990. The van der Waals surface area contributed by atoms with Gasteiger partial charge >= 0.3 is 0 Å². The fraction of sp³-hybridized carbons (Fsp3) is 0. The summed E-state index contributed by atoms with van der Waals surface area (Å²) in [5.74, 6) is 0. The molecule has 0 bridgehead atoms. The Morgan fingerprint density at radius 1 is 1.75 bits per heavy atom. The summed E-state index contributed by atoms with van der Waals surface area (Å²) in [7, 11) is 0. The zero-order valence-electron chi connectivity index (χ0n) is 1.76. The van der Waals surface area contributed by atoms with Crippen LogP contribution in [0.1, 0.15) is 0 Å². The summed E-state index contributed by atoms with van der Waals surface area (Å²) < 4.78 is 0. The molecule has 4 heavy (non-hydrogen) atoms. The van der Waals surface area contributed by atoms with Crippen molar-refractivity contribution in [2.24, 2.45) is 0 Å². The standard InChI is InChI=1S/CHNO.Ar/c2-1-3;/h2H;. The molecule has 0 atom stereocenters. The molecule has 1 N–H and O–H groups in total. The Hall–Kier alpha value is 0.640. The molecule has 0 aliphatic rings. The van der Waals surface area contributed by atoms with Crippen LogP contribution in [0, 0.1) is 43.1 Å². The van der Waals surface area contributed by atoms with E-state index in [0.29, 0.717) is 0 Å². The summed E-state index contributed by atoms with van der Waals surface area (Å²) in [5.41, 5.74) is 0. The first-order valence-corrected chi connectivity index (χ1v) is 0.454. The van der Waals surface area contributed by atoms with Crippen LogP contribution < -0.4 is 0 Å². The van der Waals surface area contributed by atoms with Crippen molar-refractivity contribution < 1.29 is 42.5 Å². The van der Waals surface area contributed by atoms with Gasteiger partial charge in [0.1, 0.15) is 0 Å². The van der Waals surface area contributed by atoms with Crippen molar-refractivity contribution in [3.05, 3.63) is 0 Å². The summed E-state index contributed by atoms with van der Waals surface area (Å²) in [6, 6.07) is 0. The Labute approximate surface area is 53.7 Å². The van der Waals surface area contributed by atoms with Crippen molar-refractivity contribution in [1.29, 1.82) is 5.41 Å². The van der Waals surface area contributed by atoms with Crippen LogP contribution in [-0.2, 0) is 4.79 Å². The molecule has 0 radical (unpaired) electrons. The van der Waals surface area contributed by atoms with Gasteiger partial charge in [0.2, 0.25) is 6.08 Å². The van der Waals surface area contributed by atoms with E-state index in [4.69, 9.17) is 10.2 Å². The molecule has 0 rings (SSSR count). The number of carbonyl (C=O) groups excluding carboxylic acids is 1. The van der Waals surface area contributed by atoms with Crippen molar-refractivity contribution in [2.45, 2.75) is 0 Å². The minimum absolute atomic E-state index is 0. The molecule has 0 unspecified atom stereocenters. The van der Waals surface area contributed by atoms with Crippen molar-refractivity contribution in [1.82, 2.24) is 0 Å². The van der Waals surface area contributed by atoms with E-state index in [1.54, 1.807) is 0 Å². The van der Waals surface area contributed by atoms with Gasteiger partial charge in [-0.15, -0.1) is 0 Å². The van der Waals surface area contributed by atoms with Gasteiger partial charge in [-0.2, -0.15) is 0 Å². The summed E-state index contributed by atoms with van der Waals surface area (Å²) in [5, 5.41) is 5.40.